The van der Waals surface area contributed by atoms with Crippen molar-refractivity contribution in [3.05, 3.63) is 80.4 Å². The Morgan fingerprint density at radius 3 is 2.48 bits per heavy atom. The van der Waals surface area contributed by atoms with E-state index >= 15 is 0 Å². The van der Waals surface area contributed by atoms with Crippen LogP contribution in [0.5, 0.6) is 0 Å². The van der Waals surface area contributed by atoms with Crippen LogP contribution in [0.4, 0.5) is 4.39 Å². The number of thiophene rings is 2. The third-order valence-electron chi connectivity index (χ3n) is 3.75. The third kappa shape index (κ3) is 4.34. The monoisotopic (exact) mass is 397 g/mol. The van der Waals surface area contributed by atoms with Gasteiger partial charge in [-0.05, 0) is 46.0 Å². The number of nitrogens with one attached hydrogen (secondary N) is 1. The number of hydrogen-bond acceptors (Lipinski definition) is 5. The summed E-state index contributed by atoms with van der Waals surface area (Å²) in [6, 6.07) is 10.7. The van der Waals surface area contributed by atoms with E-state index in [1.165, 1.54) is 46.9 Å². The van der Waals surface area contributed by atoms with E-state index in [2.05, 4.69) is 4.72 Å². The highest BCUT2D eigenvalue weighted by atomic mass is 32.2. The van der Waals surface area contributed by atoms with E-state index in [9.17, 15) is 17.9 Å². The van der Waals surface area contributed by atoms with Crippen molar-refractivity contribution in [2.45, 2.75) is 11.4 Å². The van der Waals surface area contributed by atoms with E-state index in [-0.39, 0.29) is 12.3 Å². The number of sulfonamides is 1. The Hall–Kier alpha value is -1.58. The number of benzene rings is 1. The van der Waals surface area contributed by atoms with E-state index in [1.807, 2.05) is 16.8 Å². The molecule has 0 saturated carbocycles. The molecule has 8 heteroatoms. The second-order valence-corrected chi connectivity index (χ2v) is 9.09. The van der Waals surface area contributed by atoms with Gasteiger partial charge in [-0.3, -0.25) is 0 Å². The predicted octanol–water partition coefficient (Wildman–Crippen LogP) is 3.30. The first-order valence-electron chi connectivity index (χ1n) is 7.40. The van der Waals surface area contributed by atoms with Crippen molar-refractivity contribution >= 4 is 32.7 Å². The second-order valence-electron chi connectivity index (χ2n) is 5.56. The summed E-state index contributed by atoms with van der Waals surface area (Å²) in [5, 5.41) is 16.6. The van der Waals surface area contributed by atoms with Crippen molar-refractivity contribution in [1.29, 1.82) is 0 Å². The Labute approximate surface area is 153 Å². The number of hydrogen-bond donors (Lipinski definition) is 2. The Balaban J connectivity index is 1.78. The van der Waals surface area contributed by atoms with Gasteiger partial charge in [0.05, 0.1) is 5.75 Å². The predicted molar refractivity (Wildman–Crippen MR) is 98.7 cm³/mol. The van der Waals surface area contributed by atoms with Gasteiger partial charge in [0, 0.05) is 17.0 Å². The van der Waals surface area contributed by atoms with E-state index in [0.29, 0.717) is 16.0 Å². The van der Waals surface area contributed by atoms with Gasteiger partial charge in [0.1, 0.15) is 11.4 Å². The van der Waals surface area contributed by atoms with Crippen LogP contribution in [0.25, 0.3) is 0 Å². The molecule has 0 radical (unpaired) electrons. The summed E-state index contributed by atoms with van der Waals surface area (Å²) in [7, 11) is -3.69. The van der Waals surface area contributed by atoms with Gasteiger partial charge in [-0.15, -0.1) is 11.3 Å². The fourth-order valence-electron chi connectivity index (χ4n) is 2.41. The van der Waals surface area contributed by atoms with Gasteiger partial charge in [0.25, 0.3) is 0 Å². The van der Waals surface area contributed by atoms with Crippen LogP contribution in [-0.4, -0.2) is 20.1 Å². The number of halogens is 1. The second kappa shape index (κ2) is 7.35. The van der Waals surface area contributed by atoms with Gasteiger partial charge >= 0.3 is 0 Å². The molecule has 4 nitrogen and oxygen atoms in total. The van der Waals surface area contributed by atoms with Crippen LogP contribution in [0.3, 0.4) is 0 Å². The molecular weight excluding hydrogens is 381 g/mol. The normalized spacial score (nSPS) is 14.3. The average Bonchev–Trinajstić information content (AvgIpc) is 3.28. The first-order chi connectivity index (χ1) is 11.9. The van der Waals surface area contributed by atoms with Crippen molar-refractivity contribution in [3.8, 4) is 0 Å². The largest absolute Gasteiger partial charge is 0.378 e. The van der Waals surface area contributed by atoms with Crippen LogP contribution < -0.4 is 4.72 Å². The zero-order valence-electron chi connectivity index (χ0n) is 13.1. The minimum absolute atomic E-state index is 0.173. The molecule has 2 aromatic heterocycles. The summed E-state index contributed by atoms with van der Waals surface area (Å²) < 4.78 is 40.1. The fraction of sp³-hybridized carbons (Fsp3) is 0.176. The summed E-state index contributed by atoms with van der Waals surface area (Å²) in [5.41, 5.74) is -0.308. The summed E-state index contributed by atoms with van der Waals surface area (Å²) >= 11 is 2.80. The standard InChI is InChI=1S/C17H16FNO3S3/c18-15-5-3-13(4-6-15)11-25(21,22)19-12-17(20,14-7-9-23-10-14)16-2-1-8-24-16/h1-10,19-20H,11-12H2/t17-/m1/s1. The topological polar surface area (TPSA) is 66.4 Å². The van der Waals surface area contributed by atoms with Crippen LogP contribution in [0.1, 0.15) is 16.0 Å². The van der Waals surface area contributed by atoms with E-state index < -0.39 is 21.4 Å². The first kappa shape index (κ1) is 18.2. The molecule has 2 N–H and O–H groups in total. The van der Waals surface area contributed by atoms with Gasteiger partial charge in [-0.2, -0.15) is 11.3 Å². The van der Waals surface area contributed by atoms with Crippen LogP contribution in [0, 0.1) is 5.82 Å². The molecule has 0 spiro atoms. The van der Waals surface area contributed by atoms with Gasteiger partial charge in [0.2, 0.25) is 10.0 Å². The molecule has 0 aliphatic heterocycles. The van der Waals surface area contributed by atoms with Gasteiger partial charge < -0.3 is 5.11 Å². The lowest BCUT2D eigenvalue weighted by atomic mass is 9.95. The maximum absolute atomic E-state index is 12.9. The molecule has 3 rings (SSSR count). The molecule has 0 aliphatic carbocycles. The van der Waals surface area contributed by atoms with Gasteiger partial charge in [0.15, 0.2) is 0 Å². The molecule has 0 saturated heterocycles. The molecule has 0 fully saturated rings. The maximum atomic E-state index is 12.9. The van der Waals surface area contributed by atoms with Crippen LogP contribution in [0.2, 0.25) is 0 Å². The van der Waals surface area contributed by atoms with Crippen molar-refractivity contribution in [2.75, 3.05) is 6.54 Å². The Morgan fingerprint density at radius 1 is 1.12 bits per heavy atom. The lowest BCUT2D eigenvalue weighted by molar-refractivity contribution is 0.0903. The Bertz CT molecular complexity index is 870. The number of aliphatic hydroxyl groups is 1. The molecule has 0 unspecified atom stereocenters. The highest BCUT2D eigenvalue weighted by Crippen LogP contribution is 2.33. The molecule has 3 aromatic rings. The summed E-state index contributed by atoms with van der Waals surface area (Å²) in [5.74, 6) is -0.698. The van der Waals surface area contributed by atoms with E-state index in [4.69, 9.17) is 0 Å². The Kier molecular flexibility index (Phi) is 5.35. The average molecular weight is 398 g/mol. The first-order valence-corrected chi connectivity index (χ1v) is 10.9. The molecule has 0 bridgehead atoms. The minimum atomic E-state index is -3.69. The van der Waals surface area contributed by atoms with Crippen LogP contribution in [0.15, 0.2) is 58.6 Å². The van der Waals surface area contributed by atoms with Crippen LogP contribution in [-0.2, 0) is 21.4 Å². The molecule has 132 valence electrons. The van der Waals surface area contributed by atoms with E-state index in [1.54, 1.807) is 17.5 Å². The lowest BCUT2D eigenvalue weighted by Crippen LogP contribution is -2.41. The highest BCUT2D eigenvalue weighted by molar-refractivity contribution is 7.88. The zero-order valence-corrected chi connectivity index (χ0v) is 15.5. The van der Waals surface area contributed by atoms with Crippen molar-refractivity contribution in [2.24, 2.45) is 0 Å². The summed E-state index contributed by atoms with van der Waals surface area (Å²) in [6.07, 6.45) is 0. The zero-order chi connectivity index (χ0) is 17.9. The summed E-state index contributed by atoms with van der Waals surface area (Å²) in [6.45, 7) is -0.173. The maximum Gasteiger partial charge on any atom is 0.215 e. The highest BCUT2D eigenvalue weighted by Gasteiger charge is 2.34. The van der Waals surface area contributed by atoms with E-state index in [0.717, 1.165) is 0 Å². The fourth-order valence-corrected chi connectivity index (χ4v) is 5.14. The molecule has 1 aromatic carbocycles. The molecule has 0 amide bonds. The smallest absolute Gasteiger partial charge is 0.215 e. The van der Waals surface area contributed by atoms with Crippen molar-refractivity contribution in [3.63, 3.8) is 0 Å². The minimum Gasteiger partial charge on any atom is -0.378 e. The van der Waals surface area contributed by atoms with Gasteiger partial charge in [-0.1, -0.05) is 18.2 Å². The molecule has 25 heavy (non-hydrogen) atoms. The molecule has 2 heterocycles. The molecule has 1 atom stereocenters. The lowest BCUT2D eigenvalue weighted by Gasteiger charge is -2.27. The van der Waals surface area contributed by atoms with Crippen LogP contribution >= 0.6 is 22.7 Å². The quantitative estimate of drug-likeness (QED) is 0.643. The van der Waals surface area contributed by atoms with Crippen molar-refractivity contribution < 1.29 is 17.9 Å². The molecular formula is C17H16FNO3S3. The number of rotatable bonds is 7. The SMILES string of the molecule is O=S(=O)(Cc1ccc(F)cc1)NC[C@@](O)(c1ccsc1)c1cccs1. The summed E-state index contributed by atoms with van der Waals surface area (Å²) in [4.78, 5) is 0.662. The Morgan fingerprint density at radius 2 is 1.88 bits per heavy atom. The van der Waals surface area contributed by atoms with Crippen molar-refractivity contribution in [1.82, 2.24) is 4.72 Å². The van der Waals surface area contributed by atoms with Gasteiger partial charge in [-0.25, -0.2) is 17.5 Å². The molecule has 0 aliphatic rings. The third-order valence-corrected chi connectivity index (χ3v) is 6.75.